The van der Waals surface area contributed by atoms with E-state index in [0.29, 0.717) is 37.2 Å². The summed E-state index contributed by atoms with van der Waals surface area (Å²) in [6, 6.07) is 9.50. The molecule has 28 heavy (non-hydrogen) atoms. The molecule has 0 unspecified atom stereocenters. The molecular formula is C20H19FN2O5. The number of rotatable bonds is 7. The van der Waals surface area contributed by atoms with Gasteiger partial charge in [-0.05, 0) is 48.2 Å². The summed E-state index contributed by atoms with van der Waals surface area (Å²) in [5, 5.41) is 13.9. The maximum atomic E-state index is 14.2. The molecule has 2 aromatic rings. The van der Waals surface area contributed by atoms with Gasteiger partial charge in [-0.2, -0.15) is 0 Å². The van der Waals surface area contributed by atoms with Crippen LogP contribution < -0.4 is 15.4 Å². The predicted molar refractivity (Wildman–Crippen MR) is 99.0 cm³/mol. The van der Waals surface area contributed by atoms with Crippen LogP contribution in [-0.4, -0.2) is 36.0 Å². The van der Waals surface area contributed by atoms with Crippen LogP contribution in [-0.2, 0) is 22.4 Å². The molecule has 1 aliphatic heterocycles. The van der Waals surface area contributed by atoms with Crippen molar-refractivity contribution in [1.82, 2.24) is 5.32 Å². The van der Waals surface area contributed by atoms with Crippen LogP contribution in [0.1, 0.15) is 27.9 Å². The van der Waals surface area contributed by atoms with Gasteiger partial charge in [0, 0.05) is 18.7 Å². The number of halogens is 1. The van der Waals surface area contributed by atoms with Gasteiger partial charge in [0.25, 0.3) is 5.91 Å². The Balaban J connectivity index is 1.54. The largest absolute Gasteiger partial charge is 0.482 e. The van der Waals surface area contributed by atoms with Crippen LogP contribution in [0.15, 0.2) is 36.4 Å². The minimum atomic E-state index is -1.05. The van der Waals surface area contributed by atoms with E-state index in [9.17, 15) is 18.8 Å². The quantitative estimate of drug-likeness (QED) is 0.676. The van der Waals surface area contributed by atoms with Gasteiger partial charge in [-0.1, -0.05) is 12.1 Å². The number of aliphatic carboxylic acids is 1. The molecule has 3 rings (SSSR count). The lowest BCUT2D eigenvalue weighted by Gasteiger charge is -2.18. The Kier molecular flexibility index (Phi) is 5.88. The topological polar surface area (TPSA) is 105 Å². The van der Waals surface area contributed by atoms with E-state index in [1.54, 1.807) is 24.3 Å². The Morgan fingerprint density at radius 2 is 1.93 bits per heavy atom. The van der Waals surface area contributed by atoms with Crippen LogP contribution in [0.4, 0.5) is 10.1 Å². The number of fused-ring (bicyclic) bond motifs is 1. The highest BCUT2D eigenvalue weighted by Gasteiger charge is 2.20. The molecule has 0 aromatic heterocycles. The summed E-state index contributed by atoms with van der Waals surface area (Å²) in [7, 11) is 0. The van der Waals surface area contributed by atoms with Crippen molar-refractivity contribution in [2.45, 2.75) is 19.3 Å². The third-order valence-electron chi connectivity index (χ3n) is 4.32. The summed E-state index contributed by atoms with van der Waals surface area (Å²) in [6.07, 6.45) is 1.30. The first-order chi connectivity index (χ1) is 13.4. The summed E-state index contributed by atoms with van der Waals surface area (Å²) in [5.41, 5.74) is 2.02. The monoisotopic (exact) mass is 386 g/mol. The number of benzene rings is 2. The van der Waals surface area contributed by atoms with Crippen molar-refractivity contribution in [3.05, 3.63) is 58.9 Å². The molecule has 0 aliphatic carbocycles. The van der Waals surface area contributed by atoms with Gasteiger partial charge in [0.1, 0.15) is 11.6 Å². The lowest BCUT2D eigenvalue weighted by molar-refractivity contribution is -0.139. The van der Waals surface area contributed by atoms with Crippen molar-refractivity contribution in [2.24, 2.45) is 0 Å². The maximum Gasteiger partial charge on any atom is 0.341 e. The summed E-state index contributed by atoms with van der Waals surface area (Å²) in [6.45, 7) is -0.104. The summed E-state index contributed by atoms with van der Waals surface area (Å²) in [5.74, 6) is -1.97. The lowest BCUT2D eigenvalue weighted by atomic mass is 9.99. The smallest absolute Gasteiger partial charge is 0.341 e. The molecule has 146 valence electrons. The summed E-state index contributed by atoms with van der Waals surface area (Å²) < 4.78 is 19.3. The van der Waals surface area contributed by atoms with Crippen molar-refractivity contribution in [3.63, 3.8) is 0 Å². The highest BCUT2D eigenvalue weighted by atomic mass is 19.1. The zero-order valence-electron chi connectivity index (χ0n) is 15.0. The van der Waals surface area contributed by atoms with E-state index >= 15 is 0 Å². The first kappa shape index (κ1) is 19.3. The minimum Gasteiger partial charge on any atom is -0.482 e. The number of anilines is 1. The van der Waals surface area contributed by atoms with Crippen LogP contribution in [0.25, 0.3) is 0 Å². The van der Waals surface area contributed by atoms with E-state index in [1.165, 1.54) is 12.1 Å². The van der Waals surface area contributed by atoms with Crippen LogP contribution in [0.2, 0.25) is 0 Å². The zero-order chi connectivity index (χ0) is 20.1. The fraction of sp³-hybridized carbons (Fsp3) is 0.250. The Morgan fingerprint density at radius 1 is 1.18 bits per heavy atom. The van der Waals surface area contributed by atoms with Crippen molar-refractivity contribution in [2.75, 3.05) is 18.5 Å². The molecule has 2 amide bonds. The zero-order valence-corrected chi connectivity index (χ0v) is 15.0. The Bertz CT molecular complexity index is 912. The van der Waals surface area contributed by atoms with Gasteiger partial charge >= 0.3 is 5.97 Å². The van der Waals surface area contributed by atoms with Crippen LogP contribution >= 0.6 is 0 Å². The van der Waals surface area contributed by atoms with E-state index < -0.39 is 24.3 Å². The summed E-state index contributed by atoms with van der Waals surface area (Å²) in [4.78, 5) is 34.1. The number of nitrogens with one attached hydrogen (secondary N) is 2. The van der Waals surface area contributed by atoms with Gasteiger partial charge in [-0.3, -0.25) is 9.59 Å². The van der Waals surface area contributed by atoms with Crippen molar-refractivity contribution >= 4 is 23.5 Å². The molecule has 0 spiro atoms. The molecule has 0 radical (unpaired) electrons. The second kappa shape index (κ2) is 8.51. The molecule has 0 bridgehead atoms. The molecule has 0 saturated carbocycles. The van der Waals surface area contributed by atoms with Crippen molar-refractivity contribution < 1.29 is 28.6 Å². The second-order valence-corrected chi connectivity index (χ2v) is 6.37. The number of ether oxygens (including phenoxy) is 1. The molecule has 0 saturated heterocycles. The number of carboxylic acids is 1. The highest BCUT2D eigenvalue weighted by molar-refractivity contribution is 5.98. The van der Waals surface area contributed by atoms with Gasteiger partial charge in [-0.15, -0.1) is 0 Å². The Morgan fingerprint density at radius 3 is 2.64 bits per heavy atom. The Labute approximate surface area is 160 Å². The van der Waals surface area contributed by atoms with Crippen LogP contribution in [0, 0.1) is 5.82 Å². The number of hydrogen-bond donors (Lipinski definition) is 3. The van der Waals surface area contributed by atoms with Crippen molar-refractivity contribution in [3.8, 4) is 5.75 Å². The average Bonchev–Trinajstić information content (AvgIpc) is 2.66. The number of carbonyl (C=O) groups is 3. The van der Waals surface area contributed by atoms with E-state index in [-0.39, 0.29) is 11.5 Å². The van der Waals surface area contributed by atoms with Crippen molar-refractivity contribution in [1.29, 1.82) is 0 Å². The fourth-order valence-electron chi connectivity index (χ4n) is 2.89. The van der Waals surface area contributed by atoms with Gasteiger partial charge in [-0.25, -0.2) is 9.18 Å². The molecule has 1 aliphatic rings. The molecule has 0 atom stereocenters. The second-order valence-electron chi connectivity index (χ2n) is 6.37. The molecule has 3 N–H and O–H groups in total. The van der Waals surface area contributed by atoms with E-state index in [0.717, 1.165) is 11.1 Å². The van der Waals surface area contributed by atoms with Gasteiger partial charge in [0.05, 0.1) is 5.56 Å². The molecule has 7 nitrogen and oxygen atoms in total. The van der Waals surface area contributed by atoms with Crippen LogP contribution in [0.5, 0.6) is 5.75 Å². The first-order valence-corrected chi connectivity index (χ1v) is 8.76. The molecule has 2 aromatic carbocycles. The molecular weight excluding hydrogens is 367 g/mol. The first-order valence-electron chi connectivity index (χ1n) is 8.76. The number of carbonyl (C=O) groups excluding carboxylic acids is 2. The SMILES string of the molecule is O=C(O)COc1ccc(CCNC(=O)c2cc3c(cc2F)NC(=O)CC3)cc1. The van der Waals surface area contributed by atoms with Crippen LogP contribution in [0.3, 0.4) is 0 Å². The predicted octanol–water partition coefficient (Wildman–Crippen LogP) is 2.15. The number of amides is 2. The standard InChI is InChI=1S/C20H19FN2O5/c21-16-10-17-13(3-6-18(24)23-17)9-15(16)20(27)22-8-7-12-1-4-14(5-2-12)28-11-19(25)26/h1-2,4-5,9-10H,3,6-8,11H2,(H,22,27)(H,23,24)(H,25,26). The maximum absolute atomic E-state index is 14.2. The summed E-state index contributed by atoms with van der Waals surface area (Å²) >= 11 is 0. The minimum absolute atomic E-state index is 0.0488. The average molecular weight is 386 g/mol. The van der Waals surface area contributed by atoms with E-state index in [2.05, 4.69) is 10.6 Å². The normalized spacial score (nSPS) is 12.7. The van der Waals surface area contributed by atoms with Gasteiger partial charge in [0.15, 0.2) is 6.61 Å². The van der Waals surface area contributed by atoms with Gasteiger partial charge in [0.2, 0.25) is 5.91 Å². The third kappa shape index (κ3) is 4.85. The Hall–Kier alpha value is -3.42. The van der Waals surface area contributed by atoms with E-state index in [1.807, 2.05) is 0 Å². The number of carboxylic acid groups (broad SMARTS) is 1. The lowest BCUT2D eigenvalue weighted by Crippen LogP contribution is -2.27. The molecule has 8 heteroatoms. The third-order valence-corrected chi connectivity index (χ3v) is 4.32. The fourth-order valence-corrected chi connectivity index (χ4v) is 2.89. The number of aryl methyl sites for hydroxylation is 1. The molecule has 1 heterocycles. The number of hydrogen-bond acceptors (Lipinski definition) is 4. The molecule has 0 fully saturated rings. The van der Waals surface area contributed by atoms with E-state index in [4.69, 9.17) is 9.84 Å². The highest BCUT2D eigenvalue weighted by Crippen LogP contribution is 2.25. The van der Waals surface area contributed by atoms with Gasteiger partial charge < -0.3 is 20.5 Å².